The van der Waals surface area contributed by atoms with Gasteiger partial charge in [-0.3, -0.25) is 19.6 Å². The highest BCUT2D eigenvalue weighted by Gasteiger charge is 2.43. The van der Waals surface area contributed by atoms with E-state index in [0.717, 1.165) is 11.5 Å². The van der Waals surface area contributed by atoms with Crippen LogP contribution in [-0.4, -0.2) is 39.8 Å². The molecule has 0 atom stereocenters. The fourth-order valence-electron chi connectivity index (χ4n) is 3.80. The maximum absolute atomic E-state index is 13.4. The average Bonchev–Trinajstić information content (AvgIpc) is 3.04. The summed E-state index contributed by atoms with van der Waals surface area (Å²) >= 11 is 0. The molecule has 1 aromatic carbocycles. The Bertz CT molecular complexity index is 1060. The summed E-state index contributed by atoms with van der Waals surface area (Å²) in [5, 5.41) is 0. The largest absolute Gasteiger partial charge is 1.00 e. The number of hydrogen-bond acceptors (Lipinski definition) is 5. The van der Waals surface area contributed by atoms with Crippen molar-refractivity contribution in [3.05, 3.63) is 76.9 Å². The van der Waals surface area contributed by atoms with E-state index in [2.05, 4.69) is 9.97 Å². The van der Waals surface area contributed by atoms with Gasteiger partial charge < -0.3 is 21.7 Å². The maximum Gasteiger partial charge on any atom is 0.257 e. The Morgan fingerprint density at radius 1 is 1.10 bits per heavy atom. The molecular weight excluding hydrogens is 436 g/mol. The van der Waals surface area contributed by atoms with E-state index < -0.39 is 0 Å². The minimum atomic E-state index is -0.139. The molecule has 0 radical (unpaired) electrons. The van der Waals surface area contributed by atoms with Gasteiger partial charge in [-0.15, -0.1) is 0 Å². The van der Waals surface area contributed by atoms with Gasteiger partial charge in [-0.2, -0.15) is 0 Å². The zero-order chi connectivity index (χ0) is 19.7. The lowest BCUT2D eigenvalue weighted by Gasteiger charge is -2.12. The van der Waals surface area contributed by atoms with E-state index in [9.17, 15) is 9.59 Å². The van der Waals surface area contributed by atoms with Crippen molar-refractivity contribution in [3.8, 4) is 0 Å². The second-order valence-electron chi connectivity index (χ2n) is 6.60. The summed E-state index contributed by atoms with van der Waals surface area (Å²) in [7, 11) is 1.62. The fourth-order valence-corrected chi connectivity index (χ4v) is 3.80. The number of imidazole rings is 1. The molecule has 1 aliphatic rings. The number of carbonyl (C=O) groups excluding carboxylic acids is 2. The van der Waals surface area contributed by atoms with Gasteiger partial charge in [0.05, 0.1) is 12.8 Å². The highest BCUT2D eigenvalue weighted by molar-refractivity contribution is 6.26. The molecular formula is C21H21BrN4O3. The van der Waals surface area contributed by atoms with Crippen molar-refractivity contribution < 1.29 is 35.9 Å². The van der Waals surface area contributed by atoms with Crippen molar-refractivity contribution in [1.29, 1.82) is 0 Å². The molecule has 0 N–H and O–H groups in total. The molecule has 0 amide bonds. The smallest absolute Gasteiger partial charge is 0.257 e. The number of aromatic nitrogens is 4. The lowest BCUT2D eigenvalue weighted by Crippen LogP contribution is -3.00. The number of ether oxygens (including phenoxy) is 1. The van der Waals surface area contributed by atoms with Crippen molar-refractivity contribution in [3.63, 3.8) is 0 Å². The standard InChI is InChI=1S/C21H21N4O3.BrH/c1-3-17-24(10-11-28-2)18-19(25(17)13-14-12-22-8-9-23-14)21(27)16-7-5-4-6-15(16)20(18)26;/h4-9,12H,3,10-11,13H2,1-2H3;1H/q+1;/p-1. The number of methoxy groups -OCH3 is 1. The van der Waals surface area contributed by atoms with Gasteiger partial charge >= 0.3 is 0 Å². The van der Waals surface area contributed by atoms with Crippen LogP contribution in [0, 0.1) is 0 Å². The quantitative estimate of drug-likeness (QED) is 0.333. The number of fused-ring (bicyclic) bond motifs is 2. The summed E-state index contributed by atoms with van der Waals surface area (Å²) in [5.41, 5.74) is 2.47. The van der Waals surface area contributed by atoms with E-state index in [1.807, 2.05) is 16.1 Å². The van der Waals surface area contributed by atoms with Crippen LogP contribution in [0.4, 0.5) is 0 Å². The van der Waals surface area contributed by atoms with Crippen molar-refractivity contribution in [2.24, 2.45) is 0 Å². The first kappa shape index (κ1) is 21.0. The number of rotatable bonds is 6. The van der Waals surface area contributed by atoms with Gasteiger partial charge in [0, 0.05) is 37.1 Å². The van der Waals surface area contributed by atoms with Gasteiger partial charge in [0.1, 0.15) is 18.8 Å². The summed E-state index contributed by atoms with van der Waals surface area (Å²) < 4.78 is 9.08. The zero-order valence-electron chi connectivity index (χ0n) is 16.3. The fraction of sp³-hybridized carbons (Fsp3) is 0.286. The number of hydrogen-bond donors (Lipinski definition) is 0. The van der Waals surface area contributed by atoms with Gasteiger partial charge in [0.15, 0.2) is 0 Å². The number of benzene rings is 1. The van der Waals surface area contributed by atoms with E-state index in [0.29, 0.717) is 48.6 Å². The van der Waals surface area contributed by atoms with Gasteiger partial charge in [0.25, 0.3) is 5.82 Å². The monoisotopic (exact) mass is 456 g/mol. The number of ketones is 2. The van der Waals surface area contributed by atoms with Gasteiger partial charge in [-0.1, -0.05) is 31.2 Å². The molecule has 0 saturated heterocycles. The van der Waals surface area contributed by atoms with Crippen molar-refractivity contribution in [1.82, 2.24) is 14.5 Å². The van der Waals surface area contributed by atoms with E-state index in [4.69, 9.17) is 4.74 Å². The highest BCUT2D eigenvalue weighted by Crippen LogP contribution is 2.27. The minimum absolute atomic E-state index is 0. The highest BCUT2D eigenvalue weighted by atomic mass is 79.9. The number of halogens is 1. The number of nitrogens with zero attached hydrogens (tertiary/aromatic N) is 4. The topological polar surface area (TPSA) is 78.0 Å². The summed E-state index contributed by atoms with van der Waals surface area (Å²) in [6.45, 7) is 3.33. The zero-order valence-corrected chi connectivity index (χ0v) is 17.8. The molecule has 2 heterocycles. The Labute approximate surface area is 179 Å². The molecule has 2 aromatic heterocycles. The van der Waals surface area contributed by atoms with Crippen LogP contribution in [-0.2, 0) is 24.2 Å². The molecule has 1 aliphatic carbocycles. The Morgan fingerprint density at radius 3 is 2.45 bits per heavy atom. The average molecular weight is 457 g/mol. The molecule has 29 heavy (non-hydrogen) atoms. The molecule has 8 heteroatoms. The van der Waals surface area contributed by atoms with E-state index in [1.165, 1.54) is 0 Å². The van der Waals surface area contributed by atoms with Crippen LogP contribution in [0.25, 0.3) is 0 Å². The minimum Gasteiger partial charge on any atom is -1.00 e. The first-order valence-corrected chi connectivity index (χ1v) is 9.24. The van der Waals surface area contributed by atoms with E-state index >= 15 is 0 Å². The first-order valence-electron chi connectivity index (χ1n) is 9.24. The summed E-state index contributed by atoms with van der Waals surface area (Å²) in [5.74, 6) is 0.621. The van der Waals surface area contributed by atoms with Crippen LogP contribution in [0.3, 0.4) is 0 Å². The third-order valence-electron chi connectivity index (χ3n) is 5.01. The predicted octanol–water partition coefficient (Wildman–Crippen LogP) is -1.40. The molecule has 0 fully saturated rings. The SMILES string of the molecule is CCc1n(CCOC)c2c([n+]1Cc1cnccn1)C(=O)c1ccccc1C2=O.[Br-]. The second-order valence-corrected chi connectivity index (χ2v) is 6.60. The van der Waals surface area contributed by atoms with E-state index in [-0.39, 0.29) is 28.5 Å². The molecule has 0 bridgehead atoms. The van der Waals surface area contributed by atoms with Crippen molar-refractivity contribution >= 4 is 11.6 Å². The third-order valence-corrected chi connectivity index (χ3v) is 5.01. The van der Waals surface area contributed by atoms with Crippen LogP contribution >= 0.6 is 0 Å². The van der Waals surface area contributed by atoms with Gasteiger partial charge in [0.2, 0.25) is 23.0 Å². The molecule has 0 unspecified atom stereocenters. The lowest BCUT2D eigenvalue weighted by atomic mass is 9.90. The molecule has 0 saturated carbocycles. The van der Waals surface area contributed by atoms with Crippen LogP contribution in [0.1, 0.15) is 50.5 Å². The lowest BCUT2D eigenvalue weighted by molar-refractivity contribution is -0.697. The number of carbonyl (C=O) groups is 2. The van der Waals surface area contributed by atoms with Gasteiger partial charge in [-0.05, 0) is 0 Å². The van der Waals surface area contributed by atoms with Crippen LogP contribution in [0.15, 0.2) is 42.9 Å². The maximum atomic E-state index is 13.4. The Hall–Kier alpha value is -2.71. The Morgan fingerprint density at radius 2 is 1.83 bits per heavy atom. The summed E-state index contributed by atoms with van der Waals surface area (Å²) in [6.07, 6.45) is 5.57. The second kappa shape index (κ2) is 8.75. The molecule has 0 aliphatic heterocycles. The normalized spacial score (nSPS) is 12.3. The predicted molar refractivity (Wildman–Crippen MR) is 100 cm³/mol. The summed E-state index contributed by atoms with van der Waals surface area (Å²) in [6, 6.07) is 6.99. The Balaban J connectivity index is 0.00000240. The van der Waals surface area contributed by atoms with Crippen molar-refractivity contribution in [2.45, 2.75) is 26.4 Å². The Kier molecular flexibility index (Phi) is 6.34. The molecule has 3 aromatic rings. The third kappa shape index (κ3) is 3.54. The van der Waals surface area contributed by atoms with Crippen LogP contribution in [0.2, 0.25) is 0 Å². The van der Waals surface area contributed by atoms with Crippen LogP contribution < -0.4 is 21.5 Å². The van der Waals surface area contributed by atoms with Crippen molar-refractivity contribution in [2.75, 3.05) is 13.7 Å². The molecule has 0 spiro atoms. The van der Waals surface area contributed by atoms with E-state index in [1.54, 1.807) is 50.0 Å². The molecule has 4 rings (SSSR count). The molecule has 150 valence electrons. The summed E-state index contributed by atoms with van der Waals surface area (Å²) in [4.78, 5) is 35.1. The van der Waals surface area contributed by atoms with Crippen LogP contribution in [0.5, 0.6) is 0 Å². The first-order chi connectivity index (χ1) is 13.7. The molecule has 7 nitrogen and oxygen atoms in total. The van der Waals surface area contributed by atoms with Gasteiger partial charge in [-0.25, -0.2) is 9.13 Å².